The maximum atomic E-state index is 13.4. The molecular weight excluding hydrogens is 352 g/mol. The molecule has 0 saturated heterocycles. The molecule has 0 saturated carbocycles. The normalized spacial score (nSPS) is 19.4. The average molecular weight is 383 g/mol. The van der Waals surface area contributed by atoms with Crippen molar-refractivity contribution in [2.24, 2.45) is 5.92 Å². The first-order valence-corrected chi connectivity index (χ1v) is 9.71. The van der Waals surface area contributed by atoms with Gasteiger partial charge in [0, 0.05) is 24.7 Å². The van der Waals surface area contributed by atoms with Crippen LogP contribution < -0.4 is 14.4 Å². The van der Waals surface area contributed by atoms with Gasteiger partial charge in [0.1, 0.15) is 11.5 Å². The molecule has 0 N–H and O–H groups in total. The predicted octanol–water partition coefficient (Wildman–Crippen LogP) is 3.57. The quantitative estimate of drug-likeness (QED) is 0.766. The second-order valence-corrected chi connectivity index (χ2v) is 7.66. The molecule has 2 aromatic rings. The summed E-state index contributed by atoms with van der Waals surface area (Å²) in [5.41, 5.74) is 3.30. The van der Waals surface area contributed by atoms with Crippen LogP contribution in [0.1, 0.15) is 24.0 Å². The average Bonchev–Trinajstić information content (AvgIpc) is 2.81. The fourth-order valence-electron chi connectivity index (χ4n) is 3.85. The zero-order valence-corrected chi connectivity index (χ0v) is 17.4. The zero-order valence-electron chi connectivity index (χ0n) is 17.4. The number of anilines is 1. The van der Waals surface area contributed by atoms with Crippen molar-refractivity contribution in [3.8, 4) is 11.5 Å². The van der Waals surface area contributed by atoms with Gasteiger partial charge in [0.15, 0.2) is 0 Å². The summed E-state index contributed by atoms with van der Waals surface area (Å²) in [5.74, 6) is 1.81. The number of likely N-dealkylation sites (N-methyl/N-ethyl adjacent to an activating group) is 1. The summed E-state index contributed by atoms with van der Waals surface area (Å²) in [5, 5.41) is 0. The molecule has 3 rings (SSSR count). The van der Waals surface area contributed by atoms with Crippen LogP contribution in [-0.2, 0) is 11.2 Å². The van der Waals surface area contributed by atoms with E-state index in [0.29, 0.717) is 6.54 Å². The number of benzene rings is 2. The summed E-state index contributed by atoms with van der Waals surface area (Å²) in [4.78, 5) is 17.5. The van der Waals surface area contributed by atoms with Crippen LogP contribution in [0.3, 0.4) is 0 Å². The predicted molar refractivity (Wildman–Crippen MR) is 113 cm³/mol. The number of amides is 1. The lowest BCUT2D eigenvalue weighted by molar-refractivity contribution is -0.122. The third kappa shape index (κ3) is 4.14. The number of carbonyl (C=O) groups excluding carboxylic acids is 1. The van der Waals surface area contributed by atoms with Crippen molar-refractivity contribution in [2.75, 3.05) is 46.3 Å². The van der Waals surface area contributed by atoms with Crippen molar-refractivity contribution in [1.82, 2.24) is 4.90 Å². The first-order chi connectivity index (χ1) is 13.4. The Morgan fingerprint density at radius 3 is 2.29 bits per heavy atom. The van der Waals surface area contributed by atoms with E-state index in [-0.39, 0.29) is 17.7 Å². The molecule has 0 radical (unpaired) electrons. The van der Waals surface area contributed by atoms with Crippen LogP contribution in [0.4, 0.5) is 5.69 Å². The van der Waals surface area contributed by atoms with E-state index in [1.165, 1.54) is 0 Å². The molecule has 1 heterocycles. The summed E-state index contributed by atoms with van der Waals surface area (Å²) < 4.78 is 10.7. The molecule has 5 heteroatoms. The van der Waals surface area contributed by atoms with Gasteiger partial charge >= 0.3 is 0 Å². The molecule has 5 nitrogen and oxygen atoms in total. The Hall–Kier alpha value is -2.53. The molecule has 1 amide bonds. The molecule has 2 atom stereocenters. The van der Waals surface area contributed by atoms with Gasteiger partial charge < -0.3 is 19.3 Å². The Bertz CT molecular complexity index is 817. The zero-order chi connectivity index (χ0) is 20.3. The van der Waals surface area contributed by atoms with Gasteiger partial charge in [-0.05, 0) is 67.9 Å². The molecule has 0 bridgehead atoms. The van der Waals surface area contributed by atoms with E-state index in [2.05, 4.69) is 23.1 Å². The van der Waals surface area contributed by atoms with Crippen LogP contribution in [0.15, 0.2) is 42.5 Å². The van der Waals surface area contributed by atoms with Crippen LogP contribution in [0.5, 0.6) is 11.5 Å². The van der Waals surface area contributed by atoms with Gasteiger partial charge in [0.2, 0.25) is 5.91 Å². The molecule has 150 valence electrons. The van der Waals surface area contributed by atoms with Crippen LogP contribution >= 0.6 is 0 Å². The van der Waals surface area contributed by atoms with Crippen molar-refractivity contribution in [2.45, 2.75) is 19.3 Å². The van der Waals surface area contributed by atoms with Gasteiger partial charge in [0.25, 0.3) is 0 Å². The monoisotopic (exact) mass is 382 g/mol. The fraction of sp³-hybridized carbons (Fsp3) is 0.435. The number of fused-ring (bicyclic) bond motifs is 1. The Morgan fingerprint density at radius 1 is 1.04 bits per heavy atom. The lowest BCUT2D eigenvalue weighted by atomic mass is 9.83. The molecule has 0 unspecified atom stereocenters. The molecule has 2 aromatic carbocycles. The summed E-state index contributed by atoms with van der Waals surface area (Å²) in [6, 6.07) is 14.1. The van der Waals surface area contributed by atoms with E-state index in [1.807, 2.05) is 50.2 Å². The molecule has 0 aromatic heterocycles. The number of hydrogen-bond donors (Lipinski definition) is 0. The first kappa shape index (κ1) is 20.2. The highest BCUT2D eigenvalue weighted by molar-refractivity contribution is 5.97. The number of rotatable bonds is 6. The van der Waals surface area contributed by atoms with Crippen LogP contribution in [0.25, 0.3) is 0 Å². The van der Waals surface area contributed by atoms with Gasteiger partial charge in [0.05, 0.1) is 14.2 Å². The highest BCUT2D eigenvalue weighted by Gasteiger charge is 2.35. The van der Waals surface area contributed by atoms with Gasteiger partial charge in [-0.2, -0.15) is 0 Å². The summed E-state index contributed by atoms with van der Waals surface area (Å²) in [6.07, 6.45) is 0.796. The number of hydrogen-bond acceptors (Lipinski definition) is 4. The smallest absolute Gasteiger partial charge is 0.230 e. The Labute approximate surface area is 167 Å². The minimum atomic E-state index is -0.117. The van der Waals surface area contributed by atoms with E-state index < -0.39 is 0 Å². The Kier molecular flexibility index (Phi) is 6.25. The third-order valence-electron chi connectivity index (χ3n) is 5.59. The Morgan fingerprint density at radius 2 is 1.68 bits per heavy atom. The molecule has 28 heavy (non-hydrogen) atoms. The number of nitrogens with zero attached hydrogens (tertiary/aromatic N) is 2. The molecule has 0 aliphatic carbocycles. The van der Waals surface area contributed by atoms with Crippen molar-refractivity contribution in [3.63, 3.8) is 0 Å². The van der Waals surface area contributed by atoms with E-state index in [9.17, 15) is 4.79 Å². The first-order valence-electron chi connectivity index (χ1n) is 9.71. The third-order valence-corrected chi connectivity index (χ3v) is 5.59. The van der Waals surface area contributed by atoms with Gasteiger partial charge in [-0.3, -0.25) is 4.79 Å². The molecule has 1 aliphatic heterocycles. The topological polar surface area (TPSA) is 42.0 Å². The molecular formula is C23H30N2O3. The minimum Gasteiger partial charge on any atom is -0.497 e. The standard InChI is InChI=1S/C23H30N2O3/c1-16-21(17-6-8-19(27-4)9-7-17)15-18-14-20(28-5)10-11-22(18)25(23(16)26)13-12-24(2)3/h6-11,14,16,21H,12-13,15H2,1-5H3/t16-,21-/m1/s1. The van der Waals surface area contributed by atoms with Crippen molar-refractivity contribution in [3.05, 3.63) is 53.6 Å². The second kappa shape index (κ2) is 8.65. The maximum Gasteiger partial charge on any atom is 0.230 e. The fourth-order valence-corrected chi connectivity index (χ4v) is 3.85. The van der Waals surface area contributed by atoms with Crippen molar-refractivity contribution < 1.29 is 14.3 Å². The van der Waals surface area contributed by atoms with E-state index in [0.717, 1.165) is 41.3 Å². The van der Waals surface area contributed by atoms with Gasteiger partial charge in [-0.15, -0.1) is 0 Å². The van der Waals surface area contributed by atoms with E-state index >= 15 is 0 Å². The lowest BCUT2D eigenvalue weighted by Gasteiger charge is -2.27. The van der Waals surface area contributed by atoms with Crippen molar-refractivity contribution >= 4 is 11.6 Å². The highest BCUT2D eigenvalue weighted by atomic mass is 16.5. The molecule has 1 aliphatic rings. The SMILES string of the molecule is COc1ccc([C@@H]2Cc3cc(OC)ccc3N(CCN(C)C)C(=O)[C@@H]2C)cc1. The number of methoxy groups -OCH3 is 2. The van der Waals surface area contributed by atoms with Crippen LogP contribution in [0, 0.1) is 5.92 Å². The highest BCUT2D eigenvalue weighted by Crippen LogP contribution is 2.39. The number of ether oxygens (including phenoxy) is 2. The largest absolute Gasteiger partial charge is 0.497 e. The lowest BCUT2D eigenvalue weighted by Crippen LogP contribution is -2.40. The van der Waals surface area contributed by atoms with Crippen LogP contribution in [-0.4, -0.2) is 52.2 Å². The summed E-state index contributed by atoms with van der Waals surface area (Å²) >= 11 is 0. The van der Waals surface area contributed by atoms with Gasteiger partial charge in [-0.25, -0.2) is 0 Å². The van der Waals surface area contributed by atoms with Crippen LogP contribution in [0.2, 0.25) is 0 Å². The summed E-state index contributed by atoms with van der Waals surface area (Å²) in [6.45, 7) is 3.53. The second-order valence-electron chi connectivity index (χ2n) is 7.66. The molecule has 0 fully saturated rings. The minimum absolute atomic E-state index is 0.105. The van der Waals surface area contributed by atoms with Gasteiger partial charge in [-0.1, -0.05) is 19.1 Å². The maximum absolute atomic E-state index is 13.4. The molecule has 0 spiro atoms. The van der Waals surface area contributed by atoms with Crippen molar-refractivity contribution in [1.29, 1.82) is 0 Å². The number of carbonyl (C=O) groups is 1. The Balaban J connectivity index is 2.02. The summed E-state index contributed by atoms with van der Waals surface area (Å²) in [7, 11) is 7.40. The van der Waals surface area contributed by atoms with E-state index in [1.54, 1.807) is 14.2 Å². The van der Waals surface area contributed by atoms with E-state index in [4.69, 9.17) is 9.47 Å².